The zero-order valence-corrected chi connectivity index (χ0v) is 16.5. The van der Waals surface area contributed by atoms with E-state index in [9.17, 15) is 4.79 Å². The Bertz CT molecular complexity index is 975. The zero-order valence-electron chi connectivity index (χ0n) is 15.7. The molecule has 1 aliphatic heterocycles. The summed E-state index contributed by atoms with van der Waals surface area (Å²) in [6.45, 7) is 4.81. The van der Waals surface area contributed by atoms with E-state index >= 15 is 0 Å². The zero-order chi connectivity index (χ0) is 18.8. The number of fused-ring (bicyclic) bond motifs is 1. The van der Waals surface area contributed by atoms with E-state index in [1.54, 1.807) is 17.0 Å². The third-order valence-electron chi connectivity index (χ3n) is 5.01. The van der Waals surface area contributed by atoms with Crippen LogP contribution in [-0.4, -0.2) is 49.5 Å². The molecule has 0 atom stereocenters. The van der Waals surface area contributed by atoms with Gasteiger partial charge in [-0.2, -0.15) is 0 Å². The number of piperidine rings is 1. The van der Waals surface area contributed by atoms with Gasteiger partial charge in [-0.05, 0) is 51.5 Å². The average molecular weight is 385 g/mol. The number of H-pyrrole nitrogens is 1. The summed E-state index contributed by atoms with van der Waals surface area (Å²) in [6.07, 6.45) is 6.47. The Labute approximate surface area is 162 Å². The molecule has 1 fully saturated rings. The van der Waals surface area contributed by atoms with E-state index in [4.69, 9.17) is 9.97 Å². The predicted octanol–water partition coefficient (Wildman–Crippen LogP) is 2.88. The van der Waals surface area contributed by atoms with Crippen LogP contribution in [-0.2, 0) is 6.54 Å². The first kappa shape index (κ1) is 18.2. The molecule has 4 heterocycles. The van der Waals surface area contributed by atoms with E-state index in [0.717, 1.165) is 43.1 Å². The van der Waals surface area contributed by atoms with Crippen molar-refractivity contribution >= 4 is 22.9 Å². The minimum absolute atomic E-state index is 0.0370. The lowest BCUT2D eigenvalue weighted by Gasteiger charge is -2.27. The predicted molar refractivity (Wildman–Crippen MR) is 106 cm³/mol. The summed E-state index contributed by atoms with van der Waals surface area (Å²) < 4.78 is 1.75. The number of nitrogens with one attached hydrogen (secondary N) is 1. The largest absolute Gasteiger partial charge is 0.336 e. The van der Waals surface area contributed by atoms with Gasteiger partial charge < -0.3 is 9.88 Å². The average Bonchev–Trinajstić information content (AvgIpc) is 3.10. The number of hydrogen-bond acceptors (Lipinski definition) is 6. The summed E-state index contributed by atoms with van der Waals surface area (Å²) in [6, 6.07) is 3.84. The molecule has 1 aliphatic rings. The second-order valence-electron chi connectivity index (χ2n) is 7.03. The number of likely N-dealkylation sites (tertiary alicyclic amines) is 1. The van der Waals surface area contributed by atoms with Crippen molar-refractivity contribution in [1.29, 1.82) is 0 Å². The molecule has 3 aromatic rings. The third-order valence-corrected chi connectivity index (χ3v) is 6.01. The van der Waals surface area contributed by atoms with Crippen LogP contribution in [0.2, 0.25) is 0 Å². The highest BCUT2D eigenvalue weighted by molar-refractivity contribution is 7.99. The number of hydrogen-bond donors (Lipinski definition) is 1. The van der Waals surface area contributed by atoms with Crippen LogP contribution >= 0.6 is 11.8 Å². The summed E-state index contributed by atoms with van der Waals surface area (Å²) in [5.41, 5.74) is 1.01. The SMILES string of the molecule is CCCn1c(Sc2ccncc2)nc2nc(C3CCN(C)CC3)[nH]c2c1=O. The molecule has 7 nitrogen and oxygen atoms in total. The topological polar surface area (TPSA) is 79.7 Å². The lowest BCUT2D eigenvalue weighted by Crippen LogP contribution is -2.29. The number of imidazole rings is 1. The highest BCUT2D eigenvalue weighted by Crippen LogP contribution is 2.28. The van der Waals surface area contributed by atoms with Crippen LogP contribution in [0.15, 0.2) is 39.4 Å². The molecule has 0 unspecified atom stereocenters. The summed E-state index contributed by atoms with van der Waals surface area (Å²) in [4.78, 5) is 33.2. The Kier molecular flexibility index (Phi) is 5.27. The lowest BCUT2D eigenvalue weighted by atomic mass is 9.97. The van der Waals surface area contributed by atoms with Crippen molar-refractivity contribution in [2.24, 2.45) is 0 Å². The van der Waals surface area contributed by atoms with Gasteiger partial charge in [-0.3, -0.25) is 14.3 Å². The highest BCUT2D eigenvalue weighted by atomic mass is 32.2. The fraction of sp³-hybridized carbons (Fsp3) is 0.474. The van der Waals surface area contributed by atoms with Crippen LogP contribution in [0.25, 0.3) is 11.2 Å². The van der Waals surface area contributed by atoms with Gasteiger partial charge in [0.2, 0.25) is 0 Å². The molecule has 142 valence electrons. The fourth-order valence-corrected chi connectivity index (χ4v) is 4.36. The minimum Gasteiger partial charge on any atom is -0.336 e. The number of pyridine rings is 1. The quantitative estimate of drug-likeness (QED) is 0.682. The van der Waals surface area contributed by atoms with Gasteiger partial charge in [-0.25, -0.2) is 9.97 Å². The Morgan fingerprint density at radius 2 is 1.96 bits per heavy atom. The van der Waals surface area contributed by atoms with E-state index < -0.39 is 0 Å². The van der Waals surface area contributed by atoms with Crippen molar-refractivity contribution in [3.8, 4) is 0 Å². The molecule has 0 spiro atoms. The van der Waals surface area contributed by atoms with E-state index in [1.807, 2.05) is 12.1 Å². The van der Waals surface area contributed by atoms with Crippen molar-refractivity contribution in [2.75, 3.05) is 20.1 Å². The second-order valence-corrected chi connectivity index (χ2v) is 8.08. The summed E-state index contributed by atoms with van der Waals surface area (Å²) in [7, 11) is 2.14. The molecule has 3 aromatic heterocycles. The third kappa shape index (κ3) is 3.77. The molecule has 0 radical (unpaired) electrons. The Morgan fingerprint density at radius 3 is 2.67 bits per heavy atom. The van der Waals surface area contributed by atoms with Gasteiger partial charge >= 0.3 is 0 Å². The number of nitrogens with zero attached hydrogens (tertiary/aromatic N) is 5. The first-order valence-corrected chi connectivity index (χ1v) is 10.2. The first-order valence-electron chi connectivity index (χ1n) is 9.42. The molecule has 0 bridgehead atoms. The van der Waals surface area contributed by atoms with Gasteiger partial charge in [0.05, 0.1) is 0 Å². The maximum Gasteiger partial charge on any atom is 0.280 e. The Balaban J connectivity index is 1.74. The van der Waals surface area contributed by atoms with E-state index in [-0.39, 0.29) is 5.56 Å². The van der Waals surface area contributed by atoms with E-state index in [1.165, 1.54) is 11.8 Å². The Morgan fingerprint density at radius 1 is 1.22 bits per heavy atom. The highest BCUT2D eigenvalue weighted by Gasteiger charge is 2.23. The number of aromatic nitrogens is 5. The molecule has 0 amide bonds. The molecule has 0 aliphatic carbocycles. The molecule has 0 saturated carbocycles. The normalized spacial score (nSPS) is 16.2. The maximum atomic E-state index is 13.1. The van der Waals surface area contributed by atoms with E-state index in [2.05, 4.69) is 28.8 Å². The van der Waals surface area contributed by atoms with Gasteiger partial charge in [0, 0.05) is 29.8 Å². The fourth-order valence-electron chi connectivity index (χ4n) is 3.47. The van der Waals surface area contributed by atoms with E-state index in [0.29, 0.717) is 28.8 Å². The van der Waals surface area contributed by atoms with Gasteiger partial charge in [-0.15, -0.1) is 0 Å². The standard InChI is InChI=1S/C19H24N6OS/c1-3-10-25-18(26)15-17(23-19(25)27-14-4-8-20-9-5-14)22-16(21-15)13-6-11-24(2)12-7-13/h4-5,8-9,13H,3,6-7,10-12H2,1-2H3,(H,21,22). The molecular weight excluding hydrogens is 360 g/mol. The van der Waals surface area contributed by atoms with Crippen LogP contribution in [0.5, 0.6) is 0 Å². The first-order chi connectivity index (χ1) is 13.2. The smallest absolute Gasteiger partial charge is 0.280 e. The summed E-state index contributed by atoms with van der Waals surface area (Å²) in [5, 5.41) is 0.682. The van der Waals surface area contributed by atoms with Gasteiger partial charge in [0.25, 0.3) is 5.56 Å². The molecule has 0 aromatic carbocycles. The van der Waals surface area contributed by atoms with Crippen molar-refractivity contribution in [3.63, 3.8) is 0 Å². The van der Waals surface area contributed by atoms with Gasteiger partial charge in [0.1, 0.15) is 5.82 Å². The van der Waals surface area contributed by atoms with Crippen molar-refractivity contribution in [2.45, 2.75) is 48.7 Å². The monoisotopic (exact) mass is 384 g/mol. The summed E-state index contributed by atoms with van der Waals surface area (Å²) in [5.74, 6) is 1.27. The van der Waals surface area contributed by atoms with Crippen LogP contribution in [0, 0.1) is 0 Å². The Hall–Kier alpha value is -2.19. The minimum atomic E-state index is -0.0370. The number of rotatable bonds is 5. The van der Waals surface area contributed by atoms with Crippen molar-refractivity contribution in [1.82, 2.24) is 29.4 Å². The van der Waals surface area contributed by atoms with Crippen LogP contribution < -0.4 is 5.56 Å². The molecule has 1 saturated heterocycles. The van der Waals surface area contributed by atoms with Crippen LogP contribution in [0.3, 0.4) is 0 Å². The van der Waals surface area contributed by atoms with Crippen molar-refractivity contribution in [3.05, 3.63) is 40.7 Å². The molecule has 4 rings (SSSR count). The van der Waals surface area contributed by atoms with Crippen LogP contribution in [0.1, 0.15) is 37.9 Å². The number of aromatic amines is 1. The molecule has 8 heteroatoms. The van der Waals surface area contributed by atoms with Crippen molar-refractivity contribution < 1.29 is 0 Å². The molecule has 1 N–H and O–H groups in total. The lowest BCUT2D eigenvalue weighted by molar-refractivity contribution is 0.252. The van der Waals surface area contributed by atoms with Gasteiger partial charge in [0.15, 0.2) is 16.3 Å². The van der Waals surface area contributed by atoms with Gasteiger partial charge in [-0.1, -0.05) is 18.7 Å². The van der Waals surface area contributed by atoms with Crippen LogP contribution in [0.4, 0.5) is 0 Å². The molecular formula is C19H24N6OS. The second kappa shape index (κ2) is 7.82. The maximum absolute atomic E-state index is 13.1. The molecule has 27 heavy (non-hydrogen) atoms. The summed E-state index contributed by atoms with van der Waals surface area (Å²) >= 11 is 1.48.